The van der Waals surface area contributed by atoms with Gasteiger partial charge in [-0.3, -0.25) is 78.5 Å². The molecule has 0 spiro atoms. The molecule has 0 radical (unpaired) electrons. The van der Waals surface area contributed by atoms with Crippen LogP contribution in [0.3, 0.4) is 0 Å². The number of hydrogen-bond acceptors (Lipinski definition) is 38. The van der Waals surface area contributed by atoms with Crippen LogP contribution in [-0.2, 0) is 38.4 Å². The van der Waals surface area contributed by atoms with Crippen LogP contribution in [0.15, 0.2) is 30.0 Å². The van der Waals surface area contributed by atoms with Gasteiger partial charge in [0.15, 0.2) is 23.8 Å². The minimum absolute atomic E-state index is 0.00405. The molecule has 1 aliphatic carbocycles. The first-order chi connectivity index (χ1) is 68.3. The van der Waals surface area contributed by atoms with Crippen LogP contribution in [0.5, 0.6) is 0 Å². The predicted molar refractivity (Wildman–Crippen MR) is 555 cm³/mol. The molecule has 14 unspecified atom stereocenters. The van der Waals surface area contributed by atoms with Gasteiger partial charge in [0.25, 0.3) is 0 Å². The number of amides is 2. The summed E-state index contributed by atoms with van der Waals surface area (Å²) in [5.74, 6) is -5.85. The van der Waals surface area contributed by atoms with E-state index in [1.54, 1.807) is 51.8 Å². The van der Waals surface area contributed by atoms with Gasteiger partial charge in [-0.1, -0.05) is 38.5 Å². The lowest BCUT2D eigenvalue weighted by molar-refractivity contribution is -0.145. The zero-order chi connectivity index (χ0) is 110. The van der Waals surface area contributed by atoms with E-state index in [2.05, 4.69) is 61.4 Å². The third-order valence-corrected chi connectivity index (χ3v) is 28.6. The Bertz CT molecular complexity index is 4300. The van der Waals surface area contributed by atoms with Crippen LogP contribution < -0.4 is 83.9 Å². The van der Waals surface area contributed by atoms with E-state index in [1.165, 1.54) is 25.9 Å². The van der Waals surface area contributed by atoms with Crippen LogP contribution in [-0.4, -0.2) is 511 Å². The number of nitrogens with two attached hydrogens (primary N) is 10. The van der Waals surface area contributed by atoms with E-state index >= 15 is 0 Å². The zero-order valence-corrected chi connectivity index (χ0v) is 86.7. The molecule has 0 aromatic carbocycles. The number of carboxylic acid groups (broad SMARTS) is 6. The first kappa shape index (κ1) is 129. The summed E-state index contributed by atoms with van der Waals surface area (Å²) in [7, 11) is 5.13. The second-order valence-corrected chi connectivity index (χ2v) is 39.9. The normalized spacial score (nSPS) is 26.6. The van der Waals surface area contributed by atoms with Crippen LogP contribution in [0.4, 0.5) is 0 Å². The monoisotopic (exact) mass is 2080 g/mol. The second kappa shape index (κ2) is 60.3. The molecule has 62 heteroatoms. The van der Waals surface area contributed by atoms with Crippen LogP contribution in [0.1, 0.15) is 124 Å². The summed E-state index contributed by atoms with van der Waals surface area (Å²) in [6, 6.07) is -0.767. The number of carbonyl (C=O) groups is 8. The summed E-state index contributed by atoms with van der Waals surface area (Å²) in [6.45, 7) is 13.8. The molecule has 8 heterocycles. The number of nitrogens with zero attached hydrogens (tertiary/aromatic N) is 15. The molecule has 0 aromatic rings. The molecule has 830 valence electrons. The lowest BCUT2D eigenvalue weighted by Gasteiger charge is -2.40. The number of aliphatic imine (C=N–C) groups is 6. The van der Waals surface area contributed by atoms with E-state index in [0.717, 1.165) is 57.8 Å². The second-order valence-electron chi connectivity index (χ2n) is 39.9. The van der Waals surface area contributed by atoms with Gasteiger partial charge in [-0.25, -0.2) is 0 Å². The van der Waals surface area contributed by atoms with E-state index in [0.29, 0.717) is 172 Å². The highest BCUT2D eigenvalue weighted by molar-refractivity contribution is 6.42. The number of nitrogens with one attached hydrogen (secondary N) is 5. The van der Waals surface area contributed by atoms with Crippen molar-refractivity contribution in [3.63, 3.8) is 0 Å². The highest BCUT2D eigenvalue weighted by atomic mass is 16.4. The fraction of sp³-hybridized carbons (Fsp3) is 0.833. The summed E-state index contributed by atoms with van der Waals surface area (Å²) < 4.78 is 0. The van der Waals surface area contributed by atoms with E-state index in [1.807, 2.05) is 38.6 Å². The van der Waals surface area contributed by atoms with Gasteiger partial charge in [0, 0.05) is 221 Å². The highest BCUT2D eigenvalue weighted by Crippen LogP contribution is 2.39. The number of hydrogen-bond donors (Lipinski definition) is 33. The summed E-state index contributed by atoms with van der Waals surface area (Å²) in [5, 5.41) is 181. The minimum Gasteiger partial charge on any atom is -0.480 e. The first-order valence-corrected chi connectivity index (χ1v) is 49.9. The molecule has 2 amide bonds. The topological polar surface area (TPSA) is 924 Å². The van der Waals surface area contributed by atoms with E-state index in [4.69, 9.17) is 118 Å². The Hall–Kier alpha value is -8.79. The Kier molecular flexibility index (Phi) is 53.5. The van der Waals surface area contributed by atoms with Gasteiger partial charge >= 0.3 is 78.5 Å². The molecule has 0 bridgehead atoms. The van der Waals surface area contributed by atoms with Crippen LogP contribution >= 0.6 is 0 Å². The lowest BCUT2D eigenvalue weighted by atomic mass is 9.78. The standard InChI is InChI=1S/C15H30BN5O5.C15H30BN5O4.2C14H28BN5O4.C13H26BN5O5.C13H28BN5O4/c1-4-21(12(22)10(2)17)14(19-3)20-8-11(6-5-7-16(25)26)15(18,9-20)13(23)24;1-18-14(20-12-4-7-19-8-5-12)21-9-11(3-2-6-16(24)25)15(17,10-21)13(22)23;1-17-13(19(2)11-6-18-7-11)20-8-10(4-3-5-15(23)24)14(16,9-20)12(21)22;1-18-12(19-8-13(16)4-5-13)20-7-10(3-2-6-15(23)24)14(17,9-20)11(21)22;1-8(15)10(20)18-12(17-2)19-6-9(4-3-5-14(23)24)13(16,7-19)11(21)22;1-17-12(18(2)7-6-15)19-8-10(4-3-5-14(22)23)13(16,9-19)11(20)21/h10-11,25-26H,4-9,17-18H2,1-3H3,(H,23,24);11-12,19,24-25H,2-10,17H2,1H3,(H,18,20)(H,22,23);10-11,18,23-24H,3-9,16H2,1-2H3,(H,21,22);10,23-24H,2-9,16-17H2,1H3,(H,18,19)(H,21,22);8-9,23-24H,3-7,15-16H2,1-2H3,(H,21,22)(H,17,18,20);10,22-23H,3-9,15-16H2,1-2H3,(H,20,21). The van der Waals surface area contributed by atoms with Gasteiger partial charge in [0.2, 0.25) is 23.7 Å². The van der Waals surface area contributed by atoms with Gasteiger partial charge < -0.3 is 209 Å². The molecule has 43 N–H and O–H groups in total. The largest absolute Gasteiger partial charge is 0.480 e. The molecule has 8 saturated heterocycles. The molecule has 146 heavy (non-hydrogen) atoms. The van der Waals surface area contributed by atoms with E-state index in [-0.39, 0.29) is 125 Å². The number of carboxylic acids is 6. The summed E-state index contributed by atoms with van der Waals surface area (Å²) >= 11 is 0. The highest BCUT2D eigenvalue weighted by Gasteiger charge is 2.57. The maximum atomic E-state index is 12.3. The fourth-order valence-corrected chi connectivity index (χ4v) is 19.4. The number of aliphatic carboxylic acids is 6. The van der Waals surface area contributed by atoms with Crippen LogP contribution in [0.2, 0.25) is 37.9 Å². The van der Waals surface area contributed by atoms with Crippen molar-refractivity contribution in [1.29, 1.82) is 0 Å². The van der Waals surface area contributed by atoms with Crippen molar-refractivity contribution in [2.45, 2.75) is 224 Å². The SMILES string of the molecule is CCN(C(=O)C(C)N)C(=NC)N1CC(CCCB(O)O)C(N)(C(=O)O)C1.CN=C(N(C)CCN)N1CC(CCCB(O)O)C(N)(C(=O)O)C1.CN=C(N1CC(CCCB(O)O)C(N)(C(=O)O)C1)N(C)C1CNC1.CN=C(NC(=O)C(C)N)N1CC(CCCB(O)O)C(N)(C(=O)O)C1.CN=C(NC1CCNCC1)N1CC(CCCB(O)O)C(N)(C(=O)O)C1.CN=C(NCC1(N)CC1)N1CC(CCCB(O)O)C(N)(C(=O)O)C1. The maximum Gasteiger partial charge on any atom is 0.451 e. The third kappa shape index (κ3) is 37.4. The molecule has 0 aromatic heterocycles. The summed E-state index contributed by atoms with van der Waals surface area (Å²) in [4.78, 5) is 136. The Morgan fingerprint density at radius 3 is 0.952 bits per heavy atom. The number of likely N-dealkylation sites (N-methyl/N-ethyl adjacent to an activating group) is 3. The number of piperidine rings is 1. The third-order valence-electron chi connectivity index (χ3n) is 28.6. The number of guanidine groups is 6. The Morgan fingerprint density at radius 2 is 0.699 bits per heavy atom. The summed E-state index contributed by atoms with van der Waals surface area (Å²) in [6.07, 6.45) is 10.9. The van der Waals surface area contributed by atoms with Gasteiger partial charge in [-0.15, -0.1) is 0 Å². The van der Waals surface area contributed by atoms with Crippen molar-refractivity contribution in [1.82, 2.24) is 70.7 Å². The molecule has 8 aliphatic heterocycles. The van der Waals surface area contributed by atoms with E-state index in [9.17, 15) is 69.0 Å². The summed E-state index contributed by atoms with van der Waals surface area (Å²) in [5.41, 5.74) is 51.2. The van der Waals surface area contributed by atoms with Crippen molar-refractivity contribution in [3.8, 4) is 0 Å². The average Bonchev–Trinajstić information content (AvgIpc) is 1.66. The van der Waals surface area contributed by atoms with Crippen LogP contribution in [0, 0.1) is 35.5 Å². The lowest BCUT2D eigenvalue weighted by Crippen LogP contribution is -2.60. The van der Waals surface area contributed by atoms with Crippen molar-refractivity contribution in [2.24, 2.45) is 123 Å². The first-order valence-electron chi connectivity index (χ1n) is 49.9. The molecular weight excluding hydrogens is 1910 g/mol. The molecule has 9 rings (SSSR count). The minimum atomic E-state index is -1.51. The number of rotatable bonds is 39. The zero-order valence-electron chi connectivity index (χ0n) is 86.7. The molecular formula is C84H170B6N30O26. The van der Waals surface area contributed by atoms with Crippen molar-refractivity contribution < 1.29 is 129 Å². The fourth-order valence-electron chi connectivity index (χ4n) is 19.4. The molecule has 9 aliphatic rings. The van der Waals surface area contributed by atoms with Gasteiger partial charge in [0.1, 0.15) is 33.2 Å². The predicted octanol–water partition coefficient (Wildman–Crippen LogP) is -12.5. The van der Waals surface area contributed by atoms with Gasteiger partial charge in [-0.05, 0) is 136 Å². The molecule has 9 fully saturated rings. The van der Waals surface area contributed by atoms with Gasteiger partial charge in [-0.2, -0.15) is 0 Å². The average molecular weight is 2080 g/mol. The Morgan fingerprint density at radius 1 is 0.411 bits per heavy atom. The molecule has 56 nitrogen and oxygen atoms in total. The molecule has 1 saturated carbocycles. The Labute approximate surface area is 856 Å². The van der Waals surface area contributed by atoms with Gasteiger partial charge in [0.05, 0.1) is 18.1 Å². The van der Waals surface area contributed by atoms with E-state index < -0.39 is 142 Å². The van der Waals surface area contributed by atoms with Crippen molar-refractivity contribution in [3.05, 3.63) is 0 Å². The quantitative estimate of drug-likeness (QED) is 0.0154. The Balaban J connectivity index is 0.000000365. The maximum absolute atomic E-state index is 12.3. The smallest absolute Gasteiger partial charge is 0.451 e. The van der Waals surface area contributed by atoms with Crippen LogP contribution in [0.25, 0.3) is 0 Å². The van der Waals surface area contributed by atoms with Crippen molar-refractivity contribution in [2.75, 3.05) is 187 Å². The molecule has 14 atom stereocenters. The number of carbonyl (C=O) groups excluding carboxylic acids is 2. The number of likely N-dealkylation sites (tertiary alicyclic amines) is 6. The van der Waals surface area contributed by atoms with Crippen molar-refractivity contribution >= 4 is 126 Å².